The second-order valence-corrected chi connectivity index (χ2v) is 9.79. The summed E-state index contributed by atoms with van der Waals surface area (Å²) in [5.74, 6) is 0.171. The van der Waals surface area contributed by atoms with Crippen molar-refractivity contribution in [2.75, 3.05) is 26.2 Å². The molecule has 0 N–H and O–H groups in total. The molecule has 7 nitrogen and oxygen atoms in total. The van der Waals surface area contributed by atoms with E-state index in [4.69, 9.17) is 4.42 Å². The fourth-order valence-corrected chi connectivity index (χ4v) is 5.51. The maximum Gasteiger partial charge on any atom is 0.416 e. The predicted octanol–water partition coefficient (Wildman–Crippen LogP) is 3.27. The number of rotatable bonds is 3. The number of piperazine rings is 1. The van der Waals surface area contributed by atoms with Crippen LogP contribution in [0.5, 0.6) is 0 Å². The Labute approximate surface area is 182 Å². The molecule has 1 aliphatic heterocycles. The fraction of sp³-hybridized carbons (Fsp3) is 0.429. The lowest BCUT2D eigenvalue weighted by atomic mass is 9.94. The summed E-state index contributed by atoms with van der Waals surface area (Å²) in [5.41, 5.74) is 0.0551. The van der Waals surface area contributed by atoms with Crippen molar-refractivity contribution in [1.82, 2.24) is 9.21 Å². The molecular formula is C21H21F3N2O5S. The number of nitrogens with zero attached hydrogens (tertiary/aromatic N) is 2. The van der Waals surface area contributed by atoms with Crippen LogP contribution in [0.1, 0.15) is 50.6 Å². The lowest BCUT2D eigenvalue weighted by molar-refractivity contribution is -0.137. The molecule has 2 aliphatic rings. The van der Waals surface area contributed by atoms with Crippen LogP contribution in [0.15, 0.2) is 33.6 Å². The molecule has 1 aromatic heterocycles. The van der Waals surface area contributed by atoms with Crippen molar-refractivity contribution in [3.63, 3.8) is 0 Å². The molecule has 32 heavy (non-hydrogen) atoms. The summed E-state index contributed by atoms with van der Waals surface area (Å²) in [6.45, 7) is 1.85. The molecule has 0 spiro atoms. The highest BCUT2D eigenvalue weighted by Crippen LogP contribution is 2.32. The summed E-state index contributed by atoms with van der Waals surface area (Å²) in [6.07, 6.45) is -2.87. The minimum atomic E-state index is -4.55. The molecule has 1 saturated heterocycles. The first-order chi connectivity index (χ1) is 15.0. The summed E-state index contributed by atoms with van der Waals surface area (Å²) in [4.78, 5) is 26.3. The Hall–Kier alpha value is -2.66. The van der Waals surface area contributed by atoms with E-state index in [1.807, 2.05) is 0 Å². The SMILES string of the molecule is Cc1c(C(=O)N2CCN(S(=O)(=O)c3ccc(C(F)(F)F)cc3)CC2)oc2c1C(=O)CCC2. The number of aryl methyl sites for hydroxylation is 1. The third-order valence-corrected chi connectivity index (χ3v) is 7.76. The first-order valence-corrected chi connectivity index (χ1v) is 11.6. The number of furan rings is 1. The average Bonchev–Trinajstić information content (AvgIpc) is 3.10. The Morgan fingerprint density at radius 1 is 1.03 bits per heavy atom. The smallest absolute Gasteiger partial charge is 0.416 e. The molecule has 0 bridgehead atoms. The van der Waals surface area contributed by atoms with Crippen LogP contribution >= 0.6 is 0 Å². The highest BCUT2D eigenvalue weighted by molar-refractivity contribution is 7.89. The Bertz CT molecular complexity index is 1160. The van der Waals surface area contributed by atoms with Gasteiger partial charge in [0, 0.05) is 44.6 Å². The summed E-state index contributed by atoms with van der Waals surface area (Å²) >= 11 is 0. The molecule has 1 amide bonds. The highest BCUT2D eigenvalue weighted by atomic mass is 32.2. The number of alkyl halides is 3. The number of halogens is 3. The van der Waals surface area contributed by atoms with Crippen LogP contribution in [-0.2, 0) is 22.6 Å². The molecule has 1 aromatic carbocycles. The third kappa shape index (κ3) is 3.95. The van der Waals surface area contributed by atoms with Gasteiger partial charge in [-0.25, -0.2) is 8.42 Å². The number of Topliss-reactive ketones (excluding diaryl/α,β-unsaturated/α-hetero) is 1. The summed E-state index contributed by atoms with van der Waals surface area (Å²) < 4.78 is 70.6. The molecule has 1 fully saturated rings. The van der Waals surface area contributed by atoms with Crippen LogP contribution in [0.3, 0.4) is 0 Å². The van der Waals surface area contributed by atoms with Gasteiger partial charge in [-0.15, -0.1) is 0 Å². The molecular weight excluding hydrogens is 449 g/mol. The minimum absolute atomic E-state index is 0.00645. The normalized spacial score (nSPS) is 18.0. The Kier molecular flexibility index (Phi) is 5.66. The van der Waals surface area contributed by atoms with Gasteiger partial charge in [0.25, 0.3) is 5.91 Å². The largest absolute Gasteiger partial charge is 0.455 e. The molecule has 1 aliphatic carbocycles. The molecule has 0 radical (unpaired) electrons. The number of carbonyl (C=O) groups is 2. The lowest BCUT2D eigenvalue weighted by Gasteiger charge is -2.33. The number of amides is 1. The maximum atomic E-state index is 12.9. The van der Waals surface area contributed by atoms with Crippen molar-refractivity contribution >= 4 is 21.7 Å². The topological polar surface area (TPSA) is 87.9 Å². The predicted molar refractivity (Wildman–Crippen MR) is 107 cm³/mol. The van der Waals surface area contributed by atoms with Gasteiger partial charge in [-0.05, 0) is 37.6 Å². The van der Waals surface area contributed by atoms with Gasteiger partial charge < -0.3 is 9.32 Å². The molecule has 0 unspecified atom stereocenters. The summed E-state index contributed by atoms with van der Waals surface area (Å²) in [7, 11) is -4.00. The number of carbonyl (C=O) groups excluding carboxylic acids is 2. The van der Waals surface area contributed by atoms with Crippen LogP contribution in [0.25, 0.3) is 0 Å². The van der Waals surface area contributed by atoms with E-state index in [2.05, 4.69) is 0 Å². The molecule has 11 heteroatoms. The zero-order chi connectivity index (χ0) is 23.3. The standard InChI is InChI=1S/C21H21F3N2O5S/c1-13-18-16(27)3-2-4-17(18)31-19(13)20(28)25-9-11-26(12-10-25)32(29,30)15-7-5-14(6-8-15)21(22,23)24/h5-8H,2-4,9-12H2,1H3. The molecule has 4 rings (SSSR count). The summed E-state index contributed by atoms with van der Waals surface area (Å²) in [5, 5.41) is 0. The zero-order valence-corrected chi connectivity index (χ0v) is 18.1. The lowest BCUT2D eigenvalue weighted by Crippen LogP contribution is -2.50. The van der Waals surface area contributed by atoms with Gasteiger partial charge >= 0.3 is 6.18 Å². The highest BCUT2D eigenvalue weighted by Gasteiger charge is 2.35. The second kappa shape index (κ2) is 8.04. The van der Waals surface area contributed by atoms with E-state index in [1.165, 1.54) is 4.90 Å². The second-order valence-electron chi connectivity index (χ2n) is 7.85. The number of fused-ring (bicyclic) bond motifs is 1. The molecule has 2 heterocycles. The van der Waals surface area contributed by atoms with E-state index in [-0.39, 0.29) is 42.6 Å². The number of sulfonamides is 1. The third-order valence-electron chi connectivity index (χ3n) is 5.85. The maximum absolute atomic E-state index is 12.9. The van der Waals surface area contributed by atoms with Gasteiger partial charge in [0.05, 0.1) is 16.0 Å². The van der Waals surface area contributed by atoms with Gasteiger partial charge in [0.15, 0.2) is 11.5 Å². The molecule has 172 valence electrons. The van der Waals surface area contributed by atoms with Crippen LogP contribution in [0.4, 0.5) is 13.2 Å². The fourth-order valence-electron chi connectivity index (χ4n) is 4.09. The van der Waals surface area contributed by atoms with E-state index >= 15 is 0 Å². The van der Waals surface area contributed by atoms with Gasteiger partial charge in [0.1, 0.15) is 5.76 Å². The van der Waals surface area contributed by atoms with Gasteiger partial charge in [0.2, 0.25) is 10.0 Å². The summed E-state index contributed by atoms with van der Waals surface area (Å²) in [6, 6.07) is 3.33. The molecule has 2 aromatic rings. The van der Waals surface area contributed by atoms with Crippen LogP contribution in [0.2, 0.25) is 0 Å². The van der Waals surface area contributed by atoms with E-state index in [1.54, 1.807) is 6.92 Å². The monoisotopic (exact) mass is 470 g/mol. The van der Waals surface area contributed by atoms with Crippen LogP contribution in [0, 0.1) is 6.92 Å². The minimum Gasteiger partial charge on any atom is -0.455 e. The Balaban J connectivity index is 1.46. The number of benzene rings is 1. The van der Waals surface area contributed by atoms with E-state index in [0.29, 0.717) is 36.1 Å². The van der Waals surface area contributed by atoms with Crippen molar-refractivity contribution in [1.29, 1.82) is 0 Å². The van der Waals surface area contributed by atoms with E-state index in [9.17, 15) is 31.2 Å². The van der Waals surface area contributed by atoms with Gasteiger partial charge in [-0.3, -0.25) is 9.59 Å². The average molecular weight is 470 g/mol. The van der Waals surface area contributed by atoms with Crippen molar-refractivity contribution in [2.45, 2.75) is 37.3 Å². The van der Waals surface area contributed by atoms with Gasteiger partial charge in [-0.2, -0.15) is 17.5 Å². The van der Waals surface area contributed by atoms with Crippen molar-refractivity contribution in [2.24, 2.45) is 0 Å². The van der Waals surface area contributed by atoms with Gasteiger partial charge in [-0.1, -0.05) is 0 Å². The zero-order valence-electron chi connectivity index (χ0n) is 17.2. The van der Waals surface area contributed by atoms with Crippen LogP contribution in [-0.4, -0.2) is 55.5 Å². The quantitative estimate of drug-likeness (QED) is 0.687. The van der Waals surface area contributed by atoms with Crippen molar-refractivity contribution < 1.29 is 35.6 Å². The number of ketones is 1. The Morgan fingerprint density at radius 2 is 1.66 bits per heavy atom. The van der Waals surface area contributed by atoms with Crippen molar-refractivity contribution in [3.05, 3.63) is 52.5 Å². The molecule has 0 saturated carbocycles. The van der Waals surface area contributed by atoms with E-state index in [0.717, 1.165) is 28.6 Å². The van der Waals surface area contributed by atoms with Crippen LogP contribution < -0.4 is 0 Å². The first-order valence-electron chi connectivity index (χ1n) is 10.1. The van der Waals surface area contributed by atoms with E-state index < -0.39 is 27.7 Å². The Morgan fingerprint density at radius 3 is 2.22 bits per heavy atom. The molecule has 0 atom stereocenters. The number of hydrogen-bond acceptors (Lipinski definition) is 5. The number of hydrogen-bond donors (Lipinski definition) is 0. The van der Waals surface area contributed by atoms with Crippen molar-refractivity contribution in [3.8, 4) is 0 Å². The first kappa shape index (κ1) is 22.5.